The summed E-state index contributed by atoms with van der Waals surface area (Å²) in [6.07, 6.45) is -4.77. The van der Waals surface area contributed by atoms with Crippen LogP contribution in [0.15, 0.2) is 18.2 Å². The first-order valence-electron chi connectivity index (χ1n) is 4.83. The Morgan fingerprint density at radius 1 is 1.41 bits per heavy atom. The molecule has 6 heteroatoms. The van der Waals surface area contributed by atoms with Crippen molar-refractivity contribution < 1.29 is 28.2 Å². The summed E-state index contributed by atoms with van der Waals surface area (Å²) >= 11 is 0. The Kier molecular flexibility index (Phi) is 3.65. The van der Waals surface area contributed by atoms with Crippen LogP contribution in [0.25, 0.3) is 0 Å². The van der Waals surface area contributed by atoms with E-state index in [4.69, 9.17) is 5.11 Å². The average Bonchev–Trinajstić information content (AvgIpc) is 2.14. The third-order valence-electron chi connectivity index (χ3n) is 2.37. The standard InChI is InChI=1S/C11H11F3O3/c1-6(4-10(16)17)8-3-2-7(5-9(8)15)11(12,13)14/h2-3,5-6,15H,4H2,1H3,(H,16,17). The fraction of sp³-hybridized carbons (Fsp3) is 0.364. The number of carboxylic acid groups (broad SMARTS) is 1. The minimum Gasteiger partial charge on any atom is -0.508 e. The quantitative estimate of drug-likeness (QED) is 0.864. The normalized spacial score (nSPS) is 13.4. The molecule has 2 N–H and O–H groups in total. The molecule has 0 aliphatic rings. The fourth-order valence-electron chi connectivity index (χ4n) is 1.51. The zero-order valence-electron chi connectivity index (χ0n) is 8.95. The highest BCUT2D eigenvalue weighted by atomic mass is 19.4. The van der Waals surface area contributed by atoms with Crippen LogP contribution in [-0.2, 0) is 11.0 Å². The van der Waals surface area contributed by atoms with E-state index in [2.05, 4.69) is 0 Å². The molecule has 0 spiro atoms. The van der Waals surface area contributed by atoms with E-state index in [9.17, 15) is 23.1 Å². The van der Waals surface area contributed by atoms with E-state index in [0.717, 1.165) is 12.1 Å². The number of aliphatic carboxylic acids is 1. The van der Waals surface area contributed by atoms with Crippen LogP contribution in [-0.4, -0.2) is 16.2 Å². The molecule has 1 aromatic rings. The summed E-state index contributed by atoms with van der Waals surface area (Å²) < 4.78 is 36.9. The Balaban J connectivity index is 3.02. The van der Waals surface area contributed by atoms with E-state index in [-0.39, 0.29) is 12.0 Å². The van der Waals surface area contributed by atoms with Gasteiger partial charge >= 0.3 is 12.1 Å². The van der Waals surface area contributed by atoms with Gasteiger partial charge in [0.05, 0.1) is 12.0 Å². The maximum Gasteiger partial charge on any atom is 0.416 e. The molecule has 0 fully saturated rings. The van der Waals surface area contributed by atoms with E-state index >= 15 is 0 Å². The largest absolute Gasteiger partial charge is 0.508 e. The summed E-state index contributed by atoms with van der Waals surface area (Å²) in [6.45, 7) is 1.52. The van der Waals surface area contributed by atoms with Crippen molar-refractivity contribution in [3.63, 3.8) is 0 Å². The van der Waals surface area contributed by atoms with Crippen molar-refractivity contribution in [2.24, 2.45) is 0 Å². The summed E-state index contributed by atoms with van der Waals surface area (Å²) in [5.41, 5.74) is -0.762. The average molecular weight is 248 g/mol. The first-order chi connectivity index (χ1) is 7.71. The lowest BCUT2D eigenvalue weighted by Crippen LogP contribution is -2.07. The zero-order chi connectivity index (χ0) is 13.2. The molecular formula is C11H11F3O3. The lowest BCUT2D eigenvalue weighted by Gasteiger charge is -2.13. The lowest BCUT2D eigenvalue weighted by molar-refractivity contribution is -0.138. The van der Waals surface area contributed by atoms with Crippen LogP contribution < -0.4 is 0 Å². The van der Waals surface area contributed by atoms with Crippen LogP contribution in [0.5, 0.6) is 5.75 Å². The second-order valence-corrected chi connectivity index (χ2v) is 3.77. The zero-order valence-corrected chi connectivity index (χ0v) is 8.95. The molecule has 3 nitrogen and oxygen atoms in total. The number of halogens is 3. The topological polar surface area (TPSA) is 57.5 Å². The molecule has 17 heavy (non-hydrogen) atoms. The summed E-state index contributed by atoms with van der Waals surface area (Å²) in [5.74, 6) is -2.15. The van der Waals surface area contributed by atoms with Crippen molar-refractivity contribution in [3.8, 4) is 5.75 Å². The Labute approximate surface area is 95.5 Å². The SMILES string of the molecule is CC(CC(=O)O)c1ccc(C(F)(F)F)cc1O. The highest BCUT2D eigenvalue weighted by Crippen LogP contribution is 2.35. The number of carboxylic acids is 1. The number of phenols is 1. The van der Waals surface area contributed by atoms with E-state index in [1.807, 2.05) is 0 Å². The van der Waals surface area contributed by atoms with Crippen molar-refractivity contribution in [1.29, 1.82) is 0 Å². The van der Waals surface area contributed by atoms with Gasteiger partial charge in [0.1, 0.15) is 5.75 Å². The van der Waals surface area contributed by atoms with Crippen molar-refractivity contribution >= 4 is 5.97 Å². The molecule has 0 aliphatic carbocycles. The number of hydrogen-bond acceptors (Lipinski definition) is 2. The van der Waals surface area contributed by atoms with Crippen LogP contribution >= 0.6 is 0 Å². The van der Waals surface area contributed by atoms with E-state index in [1.165, 1.54) is 6.92 Å². The van der Waals surface area contributed by atoms with Crippen molar-refractivity contribution in [3.05, 3.63) is 29.3 Å². The van der Waals surface area contributed by atoms with Gasteiger partial charge in [-0.3, -0.25) is 4.79 Å². The highest BCUT2D eigenvalue weighted by Gasteiger charge is 2.31. The third kappa shape index (κ3) is 3.37. The molecule has 1 atom stereocenters. The van der Waals surface area contributed by atoms with Gasteiger partial charge in [0.2, 0.25) is 0 Å². The van der Waals surface area contributed by atoms with Crippen LogP contribution in [0.4, 0.5) is 13.2 Å². The molecule has 1 unspecified atom stereocenters. The second-order valence-electron chi connectivity index (χ2n) is 3.77. The predicted octanol–water partition coefficient (Wildman–Crippen LogP) is 2.99. The van der Waals surface area contributed by atoms with Crippen LogP contribution in [0.2, 0.25) is 0 Å². The van der Waals surface area contributed by atoms with Gasteiger partial charge in [-0.05, 0) is 23.6 Å². The molecule has 0 heterocycles. The predicted molar refractivity (Wildman–Crippen MR) is 53.8 cm³/mol. The number of aromatic hydroxyl groups is 1. The van der Waals surface area contributed by atoms with Gasteiger partial charge in [-0.25, -0.2) is 0 Å². The van der Waals surface area contributed by atoms with Crippen molar-refractivity contribution in [2.75, 3.05) is 0 Å². The van der Waals surface area contributed by atoms with E-state index in [1.54, 1.807) is 0 Å². The minimum atomic E-state index is -4.52. The third-order valence-corrected chi connectivity index (χ3v) is 2.37. The second kappa shape index (κ2) is 4.65. The van der Waals surface area contributed by atoms with Gasteiger partial charge < -0.3 is 10.2 Å². The Morgan fingerprint density at radius 2 is 2.00 bits per heavy atom. The van der Waals surface area contributed by atoms with Crippen molar-refractivity contribution in [2.45, 2.75) is 25.4 Å². The molecule has 0 saturated carbocycles. The Hall–Kier alpha value is -1.72. The molecule has 94 valence electrons. The molecule has 1 rings (SSSR count). The van der Waals surface area contributed by atoms with Gasteiger partial charge in [-0.2, -0.15) is 13.2 Å². The summed E-state index contributed by atoms with van der Waals surface area (Å²) in [5, 5.41) is 18.0. The van der Waals surface area contributed by atoms with Crippen LogP contribution in [0.1, 0.15) is 30.4 Å². The first-order valence-corrected chi connectivity index (χ1v) is 4.83. The molecule has 0 aliphatic heterocycles. The number of alkyl halides is 3. The summed E-state index contributed by atoms with van der Waals surface area (Å²) in [4.78, 5) is 10.5. The van der Waals surface area contributed by atoms with E-state index < -0.39 is 29.4 Å². The number of phenolic OH excluding ortho intramolecular Hbond substituents is 1. The maximum atomic E-state index is 12.3. The van der Waals surface area contributed by atoms with Gasteiger partial charge in [-0.15, -0.1) is 0 Å². The van der Waals surface area contributed by atoms with Crippen LogP contribution in [0.3, 0.4) is 0 Å². The van der Waals surface area contributed by atoms with Crippen molar-refractivity contribution in [1.82, 2.24) is 0 Å². The molecule has 0 aromatic heterocycles. The number of carbonyl (C=O) groups is 1. The number of benzene rings is 1. The van der Waals surface area contributed by atoms with Gasteiger partial charge in [-0.1, -0.05) is 13.0 Å². The summed E-state index contributed by atoms with van der Waals surface area (Å²) in [6, 6.07) is 2.53. The van der Waals surface area contributed by atoms with Gasteiger partial charge in [0.15, 0.2) is 0 Å². The molecule has 0 saturated heterocycles. The first kappa shape index (κ1) is 13.3. The molecule has 0 radical (unpaired) electrons. The Morgan fingerprint density at radius 3 is 2.41 bits per heavy atom. The van der Waals surface area contributed by atoms with Crippen LogP contribution in [0, 0.1) is 0 Å². The summed E-state index contributed by atoms with van der Waals surface area (Å²) in [7, 11) is 0. The van der Waals surface area contributed by atoms with Gasteiger partial charge in [0.25, 0.3) is 0 Å². The lowest BCUT2D eigenvalue weighted by atomic mass is 9.95. The highest BCUT2D eigenvalue weighted by molar-refractivity contribution is 5.68. The van der Waals surface area contributed by atoms with Gasteiger partial charge in [0, 0.05) is 0 Å². The Bertz CT molecular complexity index is 426. The molecular weight excluding hydrogens is 237 g/mol. The monoisotopic (exact) mass is 248 g/mol. The molecule has 1 aromatic carbocycles. The minimum absolute atomic E-state index is 0.195. The molecule has 0 bridgehead atoms. The number of rotatable bonds is 3. The van der Waals surface area contributed by atoms with E-state index in [0.29, 0.717) is 6.07 Å². The number of hydrogen-bond donors (Lipinski definition) is 2. The molecule has 0 amide bonds. The fourth-order valence-corrected chi connectivity index (χ4v) is 1.51. The maximum absolute atomic E-state index is 12.3. The smallest absolute Gasteiger partial charge is 0.416 e.